The molecule has 1 saturated heterocycles. The predicted octanol–water partition coefficient (Wildman–Crippen LogP) is 5.02. The first-order valence-electron chi connectivity index (χ1n) is 13.2. The summed E-state index contributed by atoms with van der Waals surface area (Å²) >= 11 is 6.08. The molecule has 1 aromatic carbocycles. The van der Waals surface area contributed by atoms with Crippen molar-refractivity contribution < 1.29 is 24.0 Å². The smallest absolute Gasteiger partial charge is 0.410 e. The van der Waals surface area contributed by atoms with Gasteiger partial charge in [-0.2, -0.15) is 0 Å². The van der Waals surface area contributed by atoms with Crippen molar-refractivity contribution in [2.45, 2.75) is 65.1 Å². The number of para-hydroxylation sites is 1. The van der Waals surface area contributed by atoms with E-state index in [1.54, 1.807) is 52.0 Å². The van der Waals surface area contributed by atoms with Gasteiger partial charge in [-0.1, -0.05) is 43.6 Å². The molecule has 2 aromatic heterocycles. The van der Waals surface area contributed by atoms with E-state index in [9.17, 15) is 29.2 Å². The number of hydrogen-bond acceptors (Lipinski definition) is 8. The zero-order valence-electron chi connectivity index (χ0n) is 23.7. The average molecular weight is 590 g/mol. The summed E-state index contributed by atoms with van der Waals surface area (Å²) in [5, 5.41) is 22.4. The topological polar surface area (TPSA) is 131 Å². The summed E-state index contributed by atoms with van der Waals surface area (Å²) in [4.78, 5) is 45.8. The Morgan fingerprint density at radius 2 is 1.95 bits per heavy atom. The van der Waals surface area contributed by atoms with Crippen molar-refractivity contribution in [3.8, 4) is 5.69 Å². The van der Waals surface area contributed by atoms with Crippen molar-refractivity contribution in [3.05, 3.63) is 67.3 Å². The number of benzene rings is 1. The second-order valence-electron chi connectivity index (χ2n) is 11.4. The number of fused-ring (bicyclic) bond motifs is 1. The normalized spacial score (nSPS) is 17.8. The van der Waals surface area contributed by atoms with Gasteiger partial charge >= 0.3 is 17.3 Å². The molecule has 0 aliphatic carbocycles. The van der Waals surface area contributed by atoms with E-state index in [4.69, 9.17) is 16.3 Å². The van der Waals surface area contributed by atoms with E-state index in [0.717, 1.165) is 10.6 Å². The monoisotopic (exact) mass is 589 g/mol. The van der Waals surface area contributed by atoms with Crippen molar-refractivity contribution in [2.24, 2.45) is 0 Å². The number of pyridine rings is 2. The molecule has 0 bridgehead atoms. The van der Waals surface area contributed by atoms with Gasteiger partial charge in [-0.3, -0.25) is 19.5 Å². The molecular weight excluding hydrogens is 557 g/mol. The second-order valence-corrected chi connectivity index (χ2v) is 11.8. The van der Waals surface area contributed by atoms with Crippen LogP contribution >= 0.6 is 11.6 Å². The zero-order valence-corrected chi connectivity index (χ0v) is 24.5. The highest BCUT2D eigenvalue weighted by Gasteiger charge is 2.41. The molecule has 1 N–H and O–H groups in total. The fourth-order valence-electron chi connectivity index (χ4n) is 5.13. The Hall–Kier alpha value is -3.77. The van der Waals surface area contributed by atoms with E-state index < -0.39 is 57.5 Å². The van der Waals surface area contributed by atoms with Crippen molar-refractivity contribution in [3.63, 3.8) is 0 Å². The van der Waals surface area contributed by atoms with Crippen LogP contribution in [-0.4, -0.2) is 68.0 Å². The number of aliphatic hydroxyl groups is 1. The summed E-state index contributed by atoms with van der Waals surface area (Å²) in [6, 6.07) is 6.49. The van der Waals surface area contributed by atoms with Crippen LogP contribution in [0.2, 0.25) is 5.15 Å². The molecule has 4 rings (SSSR count). The number of halogens is 2. The molecule has 0 spiro atoms. The van der Waals surface area contributed by atoms with Crippen molar-refractivity contribution in [1.82, 2.24) is 14.5 Å². The Labute approximate surface area is 241 Å². The number of aromatic nitrogens is 2. The van der Waals surface area contributed by atoms with Gasteiger partial charge in [-0.05, 0) is 51.3 Å². The van der Waals surface area contributed by atoms with Crippen LogP contribution in [0.1, 0.15) is 53.0 Å². The molecule has 220 valence electrons. The summed E-state index contributed by atoms with van der Waals surface area (Å²) in [6.45, 7) is 10.1. The first-order chi connectivity index (χ1) is 19.2. The van der Waals surface area contributed by atoms with Crippen LogP contribution in [-0.2, 0) is 4.74 Å². The molecule has 0 unspecified atom stereocenters. The lowest BCUT2D eigenvalue weighted by molar-refractivity contribution is -0.385. The first kappa shape index (κ1) is 30.2. The molecule has 3 heterocycles. The number of amides is 1. The molecule has 1 aliphatic rings. The number of anilines is 1. The number of carbonyl (C=O) groups excluding carboxylic acids is 1. The Kier molecular flexibility index (Phi) is 8.28. The van der Waals surface area contributed by atoms with Gasteiger partial charge in [0.05, 0.1) is 28.6 Å². The number of aliphatic hydroxyl groups excluding tert-OH is 1. The highest BCUT2D eigenvalue weighted by Crippen LogP contribution is 2.39. The van der Waals surface area contributed by atoms with E-state index in [1.807, 2.05) is 13.8 Å². The summed E-state index contributed by atoms with van der Waals surface area (Å²) in [5.41, 5.74) is -1.77. The van der Waals surface area contributed by atoms with E-state index in [1.165, 1.54) is 9.80 Å². The number of hydrogen-bond donors (Lipinski definition) is 1. The predicted molar refractivity (Wildman–Crippen MR) is 154 cm³/mol. The largest absolute Gasteiger partial charge is 0.444 e. The number of piperazine rings is 1. The minimum absolute atomic E-state index is 0.0172. The van der Waals surface area contributed by atoms with Crippen molar-refractivity contribution >= 4 is 40.1 Å². The summed E-state index contributed by atoms with van der Waals surface area (Å²) < 4.78 is 21.6. The molecule has 0 saturated carbocycles. The standard InChI is InChI=1S/C28H33ClFN5O6/c1-15(2)18-9-7-8-10-21(18)34-25-19(11-20(30)24(29)31-25)22(23(26(34)37)35(39)40)33-12-16(3)32(13-17(33)14-36)27(38)41-28(4,5)6/h7-11,15-17,36H,12-14H2,1-6H3/t16-,17-/m1/s1. The van der Waals surface area contributed by atoms with Crippen LogP contribution in [0.25, 0.3) is 16.7 Å². The highest BCUT2D eigenvalue weighted by atomic mass is 35.5. The quantitative estimate of drug-likeness (QED) is 0.249. The third-order valence-corrected chi connectivity index (χ3v) is 7.22. The SMILES string of the molecule is CC(C)c1ccccc1-n1c(=O)c([N+](=O)[O-])c(N2C[C@@H](C)N(C(=O)OC(C)(C)C)C[C@@H]2CO)c2cc(F)c(Cl)nc21. The van der Waals surface area contributed by atoms with E-state index >= 15 is 0 Å². The van der Waals surface area contributed by atoms with Gasteiger partial charge in [-0.25, -0.2) is 14.2 Å². The van der Waals surface area contributed by atoms with Gasteiger partial charge < -0.3 is 19.6 Å². The molecule has 11 nitrogen and oxygen atoms in total. The molecule has 3 aromatic rings. The van der Waals surface area contributed by atoms with Gasteiger partial charge in [0.25, 0.3) is 0 Å². The lowest BCUT2D eigenvalue weighted by Crippen LogP contribution is -2.61. The van der Waals surface area contributed by atoms with Gasteiger partial charge in [-0.15, -0.1) is 0 Å². The number of carbonyl (C=O) groups is 1. The molecule has 1 amide bonds. The van der Waals surface area contributed by atoms with Crippen LogP contribution in [0.15, 0.2) is 35.1 Å². The molecule has 13 heteroatoms. The first-order valence-corrected chi connectivity index (χ1v) is 13.6. The van der Waals surface area contributed by atoms with Crippen LogP contribution in [0.4, 0.5) is 20.6 Å². The Morgan fingerprint density at radius 3 is 2.54 bits per heavy atom. The fraction of sp³-hybridized carbons (Fsp3) is 0.464. The van der Waals surface area contributed by atoms with Gasteiger partial charge in [0.15, 0.2) is 16.6 Å². The van der Waals surface area contributed by atoms with Crippen molar-refractivity contribution in [2.75, 3.05) is 24.6 Å². The van der Waals surface area contributed by atoms with Gasteiger partial charge in [0, 0.05) is 19.1 Å². The van der Waals surface area contributed by atoms with E-state index in [0.29, 0.717) is 11.3 Å². The number of rotatable bonds is 5. The fourth-order valence-corrected chi connectivity index (χ4v) is 5.27. The number of nitrogens with zero attached hydrogens (tertiary/aromatic N) is 5. The van der Waals surface area contributed by atoms with E-state index in [2.05, 4.69) is 4.98 Å². The number of ether oxygens (including phenoxy) is 1. The van der Waals surface area contributed by atoms with Crippen LogP contribution in [0.5, 0.6) is 0 Å². The zero-order chi connectivity index (χ0) is 30.4. The van der Waals surface area contributed by atoms with Crippen LogP contribution in [0, 0.1) is 15.9 Å². The maximum atomic E-state index is 15.0. The van der Waals surface area contributed by atoms with Crippen molar-refractivity contribution in [1.29, 1.82) is 0 Å². The highest BCUT2D eigenvalue weighted by molar-refractivity contribution is 6.30. The second kappa shape index (κ2) is 11.2. The maximum absolute atomic E-state index is 15.0. The Morgan fingerprint density at radius 1 is 1.29 bits per heavy atom. The molecule has 1 fully saturated rings. The van der Waals surface area contributed by atoms with Gasteiger partial charge in [0.1, 0.15) is 11.3 Å². The minimum Gasteiger partial charge on any atom is -0.444 e. The number of nitro groups is 1. The van der Waals surface area contributed by atoms with Crippen LogP contribution < -0.4 is 10.5 Å². The minimum atomic E-state index is -0.986. The molecular formula is C28H33ClFN5O6. The summed E-state index contributed by atoms with van der Waals surface area (Å²) in [7, 11) is 0. The summed E-state index contributed by atoms with van der Waals surface area (Å²) in [6.07, 6.45) is -0.609. The average Bonchev–Trinajstić information content (AvgIpc) is 2.87. The molecule has 1 aliphatic heterocycles. The molecule has 2 atom stereocenters. The Balaban J connectivity index is 2.01. The Bertz CT molecular complexity index is 1570. The van der Waals surface area contributed by atoms with E-state index in [-0.39, 0.29) is 35.7 Å². The van der Waals surface area contributed by atoms with Gasteiger partial charge in [0.2, 0.25) is 0 Å². The summed E-state index contributed by atoms with van der Waals surface area (Å²) in [5.74, 6) is -0.999. The van der Waals surface area contributed by atoms with Crippen LogP contribution in [0.3, 0.4) is 0 Å². The third-order valence-electron chi connectivity index (χ3n) is 6.96. The maximum Gasteiger partial charge on any atom is 0.410 e. The molecule has 0 radical (unpaired) electrons. The lowest BCUT2D eigenvalue weighted by atomic mass is 10.0. The third kappa shape index (κ3) is 5.71. The lowest BCUT2D eigenvalue weighted by Gasteiger charge is -2.45. The molecule has 41 heavy (non-hydrogen) atoms.